The smallest absolute Gasteiger partial charge is 0.241 e. The second-order valence-corrected chi connectivity index (χ2v) is 6.56. The second-order valence-electron chi connectivity index (χ2n) is 5.03. The Kier molecular flexibility index (Phi) is 4.07. The molecule has 4 N–H and O–H groups in total. The Labute approximate surface area is 113 Å². The van der Waals surface area contributed by atoms with E-state index in [0.29, 0.717) is 0 Å². The first-order valence-electron chi connectivity index (χ1n) is 6.35. The quantitative estimate of drug-likeness (QED) is 0.760. The Morgan fingerprint density at radius 3 is 2.68 bits per heavy atom. The fourth-order valence-corrected chi connectivity index (χ4v) is 3.05. The summed E-state index contributed by atoms with van der Waals surface area (Å²) in [5, 5.41) is 18.4. The maximum Gasteiger partial charge on any atom is 0.241 e. The highest BCUT2D eigenvalue weighted by Crippen LogP contribution is 2.28. The lowest BCUT2D eigenvalue weighted by Gasteiger charge is -2.32. The molecule has 0 aromatic carbocycles. The first-order chi connectivity index (χ1) is 8.91. The van der Waals surface area contributed by atoms with Crippen LogP contribution in [0.15, 0.2) is 23.2 Å². The molecule has 1 fully saturated rings. The third kappa shape index (κ3) is 3.65. The van der Waals surface area contributed by atoms with E-state index in [9.17, 15) is 13.5 Å². The number of hydrogen-bond acceptors (Lipinski definition) is 5. The number of nitrogens with two attached hydrogens (primary N) is 1. The molecule has 1 aromatic rings. The summed E-state index contributed by atoms with van der Waals surface area (Å²) in [5.41, 5.74) is -0.786. The highest BCUT2D eigenvalue weighted by atomic mass is 32.2. The van der Waals surface area contributed by atoms with Gasteiger partial charge >= 0.3 is 0 Å². The zero-order chi connectivity index (χ0) is 13.9. The molecule has 1 heterocycles. The van der Waals surface area contributed by atoms with Gasteiger partial charge in [0.15, 0.2) is 0 Å². The van der Waals surface area contributed by atoms with Crippen molar-refractivity contribution in [3.8, 4) is 0 Å². The Morgan fingerprint density at radius 1 is 1.37 bits per heavy atom. The maximum absolute atomic E-state index is 11.4. The number of rotatable bonds is 4. The predicted octanol–water partition coefficient (Wildman–Crippen LogP) is 0.836. The lowest BCUT2D eigenvalue weighted by atomic mass is 9.85. The van der Waals surface area contributed by atoms with Crippen molar-refractivity contribution in [1.29, 1.82) is 0 Å². The molecule has 0 spiro atoms. The molecule has 1 aliphatic carbocycles. The third-order valence-electron chi connectivity index (χ3n) is 3.45. The van der Waals surface area contributed by atoms with Crippen LogP contribution in [-0.2, 0) is 10.0 Å². The number of nitrogens with zero attached hydrogens (tertiary/aromatic N) is 1. The number of aliphatic hydroxyl groups is 1. The van der Waals surface area contributed by atoms with E-state index >= 15 is 0 Å². The molecule has 7 heteroatoms. The first kappa shape index (κ1) is 14.2. The molecule has 0 aliphatic heterocycles. The van der Waals surface area contributed by atoms with Crippen LogP contribution in [0.5, 0.6) is 0 Å². The van der Waals surface area contributed by atoms with E-state index < -0.39 is 15.6 Å². The van der Waals surface area contributed by atoms with Crippen molar-refractivity contribution in [2.75, 3.05) is 11.9 Å². The molecule has 0 atom stereocenters. The van der Waals surface area contributed by atoms with Gasteiger partial charge in [0, 0.05) is 12.7 Å². The van der Waals surface area contributed by atoms with Gasteiger partial charge < -0.3 is 10.4 Å². The van der Waals surface area contributed by atoms with Gasteiger partial charge in [0.05, 0.1) is 5.60 Å². The number of primary sulfonamides is 1. The van der Waals surface area contributed by atoms with E-state index in [-0.39, 0.29) is 17.3 Å². The normalized spacial score (nSPS) is 19.1. The summed E-state index contributed by atoms with van der Waals surface area (Å²) in [4.78, 5) is 3.93. The molecule has 19 heavy (non-hydrogen) atoms. The van der Waals surface area contributed by atoms with Gasteiger partial charge in [0.1, 0.15) is 10.7 Å². The van der Waals surface area contributed by atoms with E-state index in [4.69, 9.17) is 5.14 Å². The molecule has 0 saturated heterocycles. The predicted molar refractivity (Wildman–Crippen MR) is 72.1 cm³/mol. The van der Waals surface area contributed by atoms with E-state index in [1.807, 2.05) is 0 Å². The Bertz CT molecular complexity index is 539. The summed E-state index contributed by atoms with van der Waals surface area (Å²) >= 11 is 0. The Morgan fingerprint density at radius 2 is 2.05 bits per heavy atom. The largest absolute Gasteiger partial charge is 0.388 e. The van der Waals surface area contributed by atoms with Crippen molar-refractivity contribution in [1.82, 2.24) is 4.98 Å². The van der Waals surface area contributed by atoms with Gasteiger partial charge in [-0.2, -0.15) is 0 Å². The van der Waals surface area contributed by atoms with Gasteiger partial charge in [-0.05, 0) is 25.0 Å². The molecule has 1 aliphatic rings. The molecule has 0 amide bonds. The summed E-state index contributed by atoms with van der Waals surface area (Å²) in [6.07, 6.45) is 6.04. The molecule has 1 saturated carbocycles. The average molecular weight is 285 g/mol. The summed E-state index contributed by atoms with van der Waals surface area (Å²) in [6.45, 7) is 0.284. The average Bonchev–Trinajstić information content (AvgIpc) is 2.37. The SMILES string of the molecule is NS(=O)(=O)c1cccnc1NCC1(O)CCCCC1. The van der Waals surface area contributed by atoms with Crippen LogP contribution >= 0.6 is 0 Å². The van der Waals surface area contributed by atoms with Gasteiger partial charge in [-0.1, -0.05) is 19.3 Å². The fourth-order valence-electron chi connectivity index (χ4n) is 2.39. The highest BCUT2D eigenvalue weighted by Gasteiger charge is 2.29. The van der Waals surface area contributed by atoms with Crippen molar-refractivity contribution < 1.29 is 13.5 Å². The minimum atomic E-state index is -3.81. The van der Waals surface area contributed by atoms with Gasteiger partial charge in [0.2, 0.25) is 10.0 Å². The molecule has 0 radical (unpaired) electrons. The zero-order valence-electron chi connectivity index (χ0n) is 10.7. The van der Waals surface area contributed by atoms with Gasteiger partial charge in [-0.3, -0.25) is 0 Å². The first-order valence-corrected chi connectivity index (χ1v) is 7.89. The van der Waals surface area contributed by atoms with Crippen LogP contribution in [0.4, 0.5) is 5.82 Å². The van der Waals surface area contributed by atoms with Crippen molar-refractivity contribution in [2.45, 2.75) is 42.6 Å². The summed E-state index contributed by atoms with van der Waals surface area (Å²) < 4.78 is 22.8. The lowest BCUT2D eigenvalue weighted by molar-refractivity contribution is 0.0166. The topological polar surface area (TPSA) is 105 Å². The summed E-state index contributed by atoms with van der Waals surface area (Å²) in [6, 6.07) is 2.91. The molecule has 0 unspecified atom stereocenters. The standard InChI is InChI=1S/C12H19N3O3S/c13-19(17,18)10-5-4-8-14-11(10)15-9-12(16)6-2-1-3-7-12/h4-5,8,16H,1-3,6-7,9H2,(H,14,15)(H2,13,17,18). The van der Waals surface area contributed by atoms with Gasteiger partial charge in [-0.15, -0.1) is 0 Å². The third-order valence-corrected chi connectivity index (χ3v) is 4.39. The van der Waals surface area contributed by atoms with Gasteiger partial charge in [0.25, 0.3) is 0 Å². The summed E-state index contributed by atoms with van der Waals surface area (Å²) in [5.74, 6) is 0.198. The minimum Gasteiger partial charge on any atom is -0.388 e. The van der Waals surface area contributed by atoms with Crippen LogP contribution in [0.25, 0.3) is 0 Å². The number of sulfonamides is 1. The molecular weight excluding hydrogens is 266 g/mol. The van der Waals surface area contributed by atoms with Crippen LogP contribution in [0.1, 0.15) is 32.1 Å². The van der Waals surface area contributed by atoms with Crippen molar-refractivity contribution in [3.63, 3.8) is 0 Å². The van der Waals surface area contributed by atoms with E-state index in [0.717, 1.165) is 32.1 Å². The Hall–Kier alpha value is -1.18. The Balaban J connectivity index is 2.12. The number of nitrogens with one attached hydrogen (secondary N) is 1. The number of hydrogen-bond donors (Lipinski definition) is 3. The molecule has 6 nitrogen and oxygen atoms in total. The van der Waals surface area contributed by atoms with Crippen molar-refractivity contribution in [2.24, 2.45) is 5.14 Å². The second kappa shape index (κ2) is 5.44. The number of pyridine rings is 1. The van der Waals surface area contributed by atoms with Gasteiger partial charge in [-0.25, -0.2) is 18.5 Å². The number of anilines is 1. The molecule has 0 bridgehead atoms. The fraction of sp³-hybridized carbons (Fsp3) is 0.583. The van der Waals surface area contributed by atoms with Crippen molar-refractivity contribution >= 4 is 15.8 Å². The molecular formula is C12H19N3O3S. The zero-order valence-corrected chi connectivity index (χ0v) is 11.5. The molecule has 1 aromatic heterocycles. The van der Waals surface area contributed by atoms with E-state index in [2.05, 4.69) is 10.3 Å². The van der Waals surface area contributed by atoms with Crippen molar-refractivity contribution in [3.05, 3.63) is 18.3 Å². The van der Waals surface area contributed by atoms with Crippen LogP contribution in [-0.4, -0.2) is 30.7 Å². The number of aromatic nitrogens is 1. The lowest BCUT2D eigenvalue weighted by Crippen LogP contribution is -2.39. The van der Waals surface area contributed by atoms with Crippen LogP contribution < -0.4 is 10.5 Å². The minimum absolute atomic E-state index is 0.0468. The highest BCUT2D eigenvalue weighted by molar-refractivity contribution is 7.89. The van der Waals surface area contributed by atoms with Crippen LogP contribution in [0.2, 0.25) is 0 Å². The van der Waals surface area contributed by atoms with E-state index in [1.54, 1.807) is 0 Å². The molecule has 106 valence electrons. The van der Waals surface area contributed by atoms with Crippen LogP contribution in [0.3, 0.4) is 0 Å². The maximum atomic E-state index is 11.4. The molecule has 2 rings (SSSR count). The monoisotopic (exact) mass is 285 g/mol. The van der Waals surface area contributed by atoms with Crippen LogP contribution in [0, 0.1) is 0 Å². The van der Waals surface area contributed by atoms with E-state index in [1.165, 1.54) is 18.3 Å². The summed E-state index contributed by atoms with van der Waals surface area (Å²) in [7, 11) is -3.81.